The van der Waals surface area contributed by atoms with Gasteiger partial charge in [-0.15, -0.1) is 0 Å². The molecule has 0 unspecified atom stereocenters. The fourth-order valence-corrected chi connectivity index (χ4v) is 6.01. The summed E-state index contributed by atoms with van der Waals surface area (Å²) in [6, 6.07) is -0.0655. The molecule has 2 fully saturated rings. The van der Waals surface area contributed by atoms with Crippen LogP contribution in [0.25, 0.3) is 0 Å². The van der Waals surface area contributed by atoms with Gasteiger partial charge >= 0.3 is 0 Å². The van der Waals surface area contributed by atoms with Crippen LogP contribution in [0.1, 0.15) is 49.2 Å². The Balaban J connectivity index is 1.64. The van der Waals surface area contributed by atoms with Crippen molar-refractivity contribution in [2.45, 2.75) is 52.6 Å². The number of amides is 1. The van der Waals surface area contributed by atoms with Crippen LogP contribution in [-0.2, 0) is 21.2 Å². The Morgan fingerprint density at radius 2 is 2.04 bits per heavy atom. The van der Waals surface area contributed by atoms with Crippen LogP contribution in [0.2, 0.25) is 0 Å². The van der Waals surface area contributed by atoms with Crippen molar-refractivity contribution >= 4 is 15.7 Å². The molecule has 2 aliphatic rings. The molecule has 0 N–H and O–H groups in total. The Morgan fingerprint density at radius 3 is 2.67 bits per heavy atom. The molecule has 3 rings (SSSR count). The standard InChI is InChI=1S/C19H32N4O3S/c1-14-6-5-8-22(10-14)19(24)12-21(4)11-18-15(2)20-23(16(18)3)17-7-9-27(25,26)13-17/h14,17H,5-13H2,1-4H3/t14-,17+/m0/s1. The van der Waals surface area contributed by atoms with Crippen molar-refractivity contribution in [3.63, 3.8) is 0 Å². The van der Waals surface area contributed by atoms with Gasteiger partial charge in [0.25, 0.3) is 0 Å². The van der Waals surface area contributed by atoms with Gasteiger partial charge in [0, 0.05) is 30.9 Å². The predicted octanol–water partition coefficient (Wildman–Crippen LogP) is 1.55. The fraction of sp³-hybridized carbons (Fsp3) is 0.789. The summed E-state index contributed by atoms with van der Waals surface area (Å²) in [5, 5.41) is 4.62. The summed E-state index contributed by atoms with van der Waals surface area (Å²) in [7, 11) is -0.982. The third-order valence-corrected chi connectivity index (χ3v) is 7.62. The van der Waals surface area contributed by atoms with E-state index in [1.54, 1.807) is 0 Å². The molecule has 1 aromatic rings. The van der Waals surface area contributed by atoms with Crippen molar-refractivity contribution < 1.29 is 13.2 Å². The summed E-state index contributed by atoms with van der Waals surface area (Å²) in [6.45, 7) is 8.93. The first-order chi connectivity index (χ1) is 12.7. The average Bonchev–Trinajstić information content (AvgIpc) is 3.08. The summed E-state index contributed by atoms with van der Waals surface area (Å²) < 4.78 is 25.5. The minimum Gasteiger partial charge on any atom is -0.341 e. The molecule has 1 aromatic heterocycles. The van der Waals surface area contributed by atoms with Gasteiger partial charge < -0.3 is 4.90 Å². The van der Waals surface area contributed by atoms with Crippen molar-refractivity contribution in [2.24, 2.45) is 5.92 Å². The Bertz CT molecular complexity index is 802. The van der Waals surface area contributed by atoms with Crippen molar-refractivity contribution in [1.29, 1.82) is 0 Å². The second-order valence-electron chi connectivity index (χ2n) is 8.41. The topological polar surface area (TPSA) is 75.5 Å². The molecule has 7 nitrogen and oxygen atoms in total. The second kappa shape index (κ2) is 7.91. The lowest BCUT2D eigenvalue weighted by molar-refractivity contribution is -0.133. The first-order valence-electron chi connectivity index (χ1n) is 9.87. The lowest BCUT2D eigenvalue weighted by atomic mass is 10.0. The van der Waals surface area contributed by atoms with Crippen LogP contribution in [-0.4, -0.2) is 72.1 Å². The van der Waals surface area contributed by atoms with Crippen LogP contribution in [0.4, 0.5) is 0 Å². The van der Waals surface area contributed by atoms with E-state index in [9.17, 15) is 13.2 Å². The number of hydrogen-bond donors (Lipinski definition) is 0. The minimum absolute atomic E-state index is 0.0655. The van der Waals surface area contributed by atoms with Gasteiger partial charge in [0.2, 0.25) is 5.91 Å². The van der Waals surface area contributed by atoms with Gasteiger partial charge in [-0.3, -0.25) is 14.4 Å². The molecule has 0 aliphatic carbocycles. The zero-order chi connectivity index (χ0) is 19.8. The second-order valence-corrected chi connectivity index (χ2v) is 10.6. The molecule has 152 valence electrons. The number of nitrogens with zero attached hydrogens (tertiary/aromatic N) is 4. The van der Waals surface area contributed by atoms with E-state index in [1.165, 1.54) is 6.42 Å². The van der Waals surface area contributed by atoms with E-state index >= 15 is 0 Å². The number of sulfone groups is 1. The fourth-order valence-electron chi connectivity index (χ4n) is 4.32. The zero-order valence-corrected chi connectivity index (χ0v) is 17.8. The van der Waals surface area contributed by atoms with Crippen LogP contribution in [0.3, 0.4) is 0 Å². The summed E-state index contributed by atoms with van der Waals surface area (Å²) >= 11 is 0. The molecule has 2 atom stereocenters. The molecule has 0 bridgehead atoms. The van der Waals surface area contributed by atoms with Crippen molar-refractivity contribution in [3.8, 4) is 0 Å². The van der Waals surface area contributed by atoms with Gasteiger partial charge in [0.05, 0.1) is 29.8 Å². The van der Waals surface area contributed by atoms with E-state index in [2.05, 4.69) is 12.0 Å². The van der Waals surface area contributed by atoms with E-state index in [4.69, 9.17) is 0 Å². The number of rotatable bonds is 5. The highest BCUT2D eigenvalue weighted by atomic mass is 32.2. The third kappa shape index (κ3) is 4.71. The van der Waals surface area contributed by atoms with Crippen molar-refractivity contribution in [1.82, 2.24) is 19.6 Å². The first-order valence-corrected chi connectivity index (χ1v) is 11.7. The first kappa shape index (κ1) is 20.3. The molecule has 0 spiro atoms. The van der Waals surface area contributed by atoms with E-state index in [1.807, 2.05) is 35.4 Å². The highest BCUT2D eigenvalue weighted by molar-refractivity contribution is 7.91. The third-order valence-electron chi connectivity index (χ3n) is 5.87. The maximum atomic E-state index is 12.6. The number of likely N-dealkylation sites (N-methyl/N-ethyl adjacent to an activating group) is 1. The molecule has 1 amide bonds. The molecule has 0 saturated carbocycles. The van der Waals surface area contributed by atoms with Crippen LogP contribution in [0.5, 0.6) is 0 Å². The quantitative estimate of drug-likeness (QED) is 0.755. The maximum Gasteiger partial charge on any atom is 0.236 e. The van der Waals surface area contributed by atoms with E-state index in [-0.39, 0.29) is 23.5 Å². The number of piperidine rings is 1. The molecule has 0 radical (unpaired) electrons. The minimum atomic E-state index is -2.94. The van der Waals surface area contributed by atoms with Crippen LogP contribution >= 0.6 is 0 Å². The molecule has 2 aliphatic heterocycles. The number of carbonyl (C=O) groups is 1. The monoisotopic (exact) mass is 396 g/mol. The van der Waals surface area contributed by atoms with Gasteiger partial charge in [-0.25, -0.2) is 8.42 Å². The Hall–Kier alpha value is -1.41. The summed E-state index contributed by atoms with van der Waals surface area (Å²) in [6.07, 6.45) is 2.92. The largest absolute Gasteiger partial charge is 0.341 e. The van der Waals surface area contributed by atoms with Crippen LogP contribution in [0, 0.1) is 19.8 Å². The number of hydrogen-bond acceptors (Lipinski definition) is 5. The maximum absolute atomic E-state index is 12.6. The van der Waals surface area contributed by atoms with E-state index < -0.39 is 9.84 Å². The molecule has 27 heavy (non-hydrogen) atoms. The lowest BCUT2D eigenvalue weighted by Crippen LogP contribution is -2.43. The van der Waals surface area contributed by atoms with Gasteiger partial charge in [-0.05, 0) is 46.1 Å². The zero-order valence-electron chi connectivity index (χ0n) is 16.9. The normalized spacial score (nSPS) is 25.3. The van der Waals surface area contributed by atoms with Gasteiger partial charge in [0.1, 0.15) is 0 Å². The molecule has 0 aromatic carbocycles. The van der Waals surface area contributed by atoms with Gasteiger partial charge in [-0.1, -0.05) is 6.92 Å². The van der Waals surface area contributed by atoms with Crippen LogP contribution in [0.15, 0.2) is 0 Å². The Labute approximate surface area is 162 Å². The molecule has 8 heteroatoms. The Morgan fingerprint density at radius 1 is 1.30 bits per heavy atom. The lowest BCUT2D eigenvalue weighted by Gasteiger charge is -2.32. The van der Waals surface area contributed by atoms with Gasteiger partial charge in [-0.2, -0.15) is 5.10 Å². The average molecular weight is 397 g/mol. The number of likely N-dealkylation sites (tertiary alicyclic amines) is 1. The SMILES string of the molecule is Cc1nn([C@@H]2CCS(=O)(=O)C2)c(C)c1CN(C)CC(=O)N1CCC[C@H](C)C1. The van der Waals surface area contributed by atoms with E-state index in [0.717, 1.165) is 36.5 Å². The smallest absolute Gasteiger partial charge is 0.236 e. The van der Waals surface area contributed by atoms with Crippen LogP contribution < -0.4 is 0 Å². The number of aromatic nitrogens is 2. The molecule has 2 saturated heterocycles. The summed E-state index contributed by atoms with van der Waals surface area (Å²) in [5.74, 6) is 1.19. The number of aryl methyl sites for hydroxylation is 1. The summed E-state index contributed by atoms with van der Waals surface area (Å²) in [4.78, 5) is 16.6. The summed E-state index contributed by atoms with van der Waals surface area (Å²) in [5.41, 5.74) is 3.03. The molecule has 3 heterocycles. The van der Waals surface area contributed by atoms with Crippen molar-refractivity contribution in [2.75, 3.05) is 38.2 Å². The highest BCUT2D eigenvalue weighted by Crippen LogP contribution is 2.27. The highest BCUT2D eigenvalue weighted by Gasteiger charge is 2.31. The Kier molecular flexibility index (Phi) is 5.96. The van der Waals surface area contributed by atoms with Crippen molar-refractivity contribution in [3.05, 3.63) is 17.0 Å². The number of carbonyl (C=O) groups excluding carboxylic acids is 1. The predicted molar refractivity (Wildman–Crippen MR) is 105 cm³/mol. The molecular formula is C19H32N4O3S. The van der Waals surface area contributed by atoms with E-state index in [0.29, 0.717) is 25.4 Å². The molecular weight excluding hydrogens is 364 g/mol. The van der Waals surface area contributed by atoms with Gasteiger partial charge in [0.15, 0.2) is 9.84 Å².